The van der Waals surface area contributed by atoms with Crippen molar-refractivity contribution in [3.8, 4) is 0 Å². The summed E-state index contributed by atoms with van der Waals surface area (Å²) >= 11 is 12.5. The molecule has 0 saturated carbocycles. The molecule has 3 aromatic carbocycles. The highest BCUT2D eigenvalue weighted by molar-refractivity contribution is 7.93. The Hall–Kier alpha value is -3.11. The standard InChI is InChI=1S/C29H29Cl2N3O5S/c1-28(2)27(36)32-29(39-28)15-6-16-33(19-29)26(35)21-9-14-24(31)25(17-21)40(37,38)34(18-20-7-4-3-5-8-20)23-12-10-22(30)11-13-23/h3-5,7-14,17H,6,15-16,18-19H2,1-2H3,(H,32,36). The second-order valence-electron chi connectivity index (χ2n) is 10.5. The van der Waals surface area contributed by atoms with Crippen LogP contribution >= 0.6 is 23.2 Å². The summed E-state index contributed by atoms with van der Waals surface area (Å²) in [7, 11) is -4.22. The molecule has 8 nitrogen and oxygen atoms in total. The maximum absolute atomic E-state index is 14.1. The first-order valence-electron chi connectivity index (χ1n) is 12.8. The van der Waals surface area contributed by atoms with Crippen LogP contribution in [0.25, 0.3) is 0 Å². The molecule has 0 aliphatic carbocycles. The number of ether oxygens (including phenoxy) is 1. The first-order chi connectivity index (χ1) is 18.9. The molecule has 40 heavy (non-hydrogen) atoms. The normalized spacial score (nSPS) is 20.4. The molecule has 2 amide bonds. The number of nitrogens with one attached hydrogen (secondary N) is 1. The monoisotopic (exact) mass is 601 g/mol. The number of anilines is 1. The summed E-state index contributed by atoms with van der Waals surface area (Å²) in [4.78, 5) is 27.4. The highest BCUT2D eigenvalue weighted by atomic mass is 35.5. The Kier molecular flexibility index (Phi) is 7.60. The van der Waals surface area contributed by atoms with Gasteiger partial charge < -0.3 is 15.0 Å². The molecule has 3 aromatic rings. The predicted molar refractivity (Wildman–Crippen MR) is 154 cm³/mol. The van der Waals surface area contributed by atoms with Crippen molar-refractivity contribution in [1.82, 2.24) is 10.2 Å². The summed E-state index contributed by atoms with van der Waals surface area (Å²) in [6, 6.07) is 19.9. The van der Waals surface area contributed by atoms with Crippen molar-refractivity contribution in [2.24, 2.45) is 0 Å². The van der Waals surface area contributed by atoms with Gasteiger partial charge in [0.05, 0.1) is 23.8 Å². The maximum Gasteiger partial charge on any atom is 0.266 e. The molecule has 0 bridgehead atoms. The third-order valence-electron chi connectivity index (χ3n) is 7.11. The number of halogens is 2. The molecule has 2 aliphatic heterocycles. The molecular weight excluding hydrogens is 573 g/mol. The van der Waals surface area contributed by atoms with Gasteiger partial charge in [-0.2, -0.15) is 0 Å². The van der Waals surface area contributed by atoms with Crippen LogP contribution in [0.3, 0.4) is 0 Å². The fraction of sp³-hybridized carbons (Fsp3) is 0.310. The van der Waals surface area contributed by atoms with Crippen LogP contribution in [0.2, 0.25) is 10.0 Å². The van der Waals surface area contributed by atoms with Gasteiger partial charge in [-0.3, -0.25) is 13.9 Å². The van der Waals surface area contributed by atoms with Crippen molar-refractivity contribution >= 4 is 50.7 Å². The van der Waals surface area contributed by atoms with Crippen molar-refractivity contribution in [3.05, 3.63) is 94.0 Å². The van der Waals surface area contributed by atoms with E-state index in [9.17, 15) is 18.0 Å². The van der Waals surface area contributed by atoms with Crippen LogP contribution in [0.15, 0.2) is 77.7 Å². The van der Waals surface area contributed by atoms with Crippen molar-refractivity contribution in [2.45, 2.75) is 49.5 Å². The van der Waals surface area contributed by atoms with E-state index in [0.717, 1.165) is 5.56 Å². The minimum atomic E-state index is -4.22. The number of carbonyl (C=O) groups is 2. The van der Waals surface area contributed by atoms with E-state index >= 15 is 0 Å². The quantitative estimate of drug-likeness (QED) is 0.416. The van der Waals surface area contributed by atoms with E-state index in [0.29, 0.717) is 30.1 Å². The molecule has 1 unspecified atom stereocenters. The first-order valence-corrected chi connectivity index (χ1v) is 15.0. The number of piperidine rings is 1. The van der Waals surface area contributed by atoms with E-state index in [-0.39, 0.29) is 40.4 Å². The number of hydrogen-bond donors (Lipinski definition) is 1. The Labute approximate surface area is 243 Å². The minimum absolute atomic E-state index is 0.00757. The van der Waals surface area contributed by atoms with Gasteiger partial charge in [0, 0.05) is 17.1 Å². The smallest absolute Gasteiger partial charge is 0.266 e. The Morgan fingerprint density at radius 1 is 1.05 bits per heavy atom. The third kappa shape index (κ3) is 5.56. The van der Waals surface area contributed by atoms with Crippen LogP contribution in [0.4, 0.5) is 5.69 Å². The van der Waals surface area contributed by atoms with Gasteiger partial charge in [-0.15, -0.1) is 0 Å². The number of benzene rings is 3. The molecule has 0 aromatic heterocycles. The molecule has 2 aliphatic rings. The molecule has 1 N–H and O–H groups in total. The van der Waals surface area contributed by atoms with Gasteiger partial charge in [0.15, 0.2) is 5.72 Å². The highest BCUT2D eigenvalue weighted by Gasteiger charge is 2.52. The van der Waals surface area contributed by atoms with Crippen molar-refractivity contribution in [2.75, 3.05) is 17.4 Å². The van der Waals surface area contributed by atoms with E-state index in [1.807, 2.05) is 30.3 Å². The molecule has 1 atom stereocenters. The molecule has 2 heterocycles. The number of carbonyl (C=O) groups excluding carboxylic acids is 2. The summed E-state index contributed by atoms with van der Waals surface area (Å²) in [6.07, 6.45) is 1.18. The SMILES string of the molecule is CC1(C)OC2(CCCN(C(=O)c3ccc(Cl)c(S(=O)(=O)N(Cc4ccccc4)c4ccc(Cl)cc4)c3)C2)NC1=O. The lowest BCUT2D eigenvalue weighted by Crippen LogP contribution is -2.56. The van der Waals surface area contributed by atoms with E-state index in [4.69, 9.17) is 27.9 Å². The molecular formula is C29H29Cl2N3O5S. The fourth-order valence-electron chi connectivity index (χ4n) is 5.11. The molecule has 11 heteroatoms. The number of hydrogen-bond acceptors (Lipinski definition) is 5. The Morgan fingerprint density at radius 3 is 2.40 bits per heavy atom. The van der Waals surface area contributed by atoms with Gasteiger partial charge in [0.25, 0.3) is 21.8 Å². The summed E-state index contributed by atoms with van der Waals surface area (Å²) in [5, 5.41) is 3.37. The second-order valence-corrected chi connectivity index (χ2v) is 13.2. The Balaban J connectivity index is 1.48. The number of likely N-dealkylation sites (tertiary alicyclic amines) is 1. The zero-order valence-electron chi connectivity index (χ0n) is 22.1. The van der Waals surface area contributed by atoms with Gasteiger partial charge in [0.2, 0.25) is 0 Å². The molecule has 2 saturated heterocycles. The van der Waals surface area contributed by atoms with E-state index in [1.165, 1.54) is 22.5 Å². The van der Waals surface area contributed by atoms with Gasteiger partial charge in [0.1, 0.15) is 10.5 Å². The Morgan fingerprint density at radius 2 is 1.75 bits per heavy atom. The number of nitrogens with zero attached hydrogens (tertiary/aromatic N) is 2. The number of rotatable bonds is 6. The predicted octanol–water partition coefficient (Wildman–Crippen LogP) is 5.25. The van der Waals surface area contributed by atoms with Crippen LogP contribution in [0.5, 0.6) is 0 Å². The van der Waals surface area contributed by atoms with Crippen LogP contribution in [-0.2, 0) is 26.1 Å². The summed E-state index contributed by atoms with van der Waals surface area (Å²) in [6.45, 7) is 4.01. The van der Waals surface area contributed by atoms with Gasteiger partial charge >= 0.3 is 0 Å². The van der Waals surface area contributed by atoms with Crippen molar-refractivity contribution < 1.29 is 22.7 Å². The highest BCUT2D eigenvalue weighted by Crippen LogP contribution is 2.35. The average molecular weight is 603 g/mol. The molecule has 5 rings (SSSR count). The summed E-state index contributed by atoms with van der Waals surface area (Å²) < 4.78 is 35.5. The van der Waals surface area contributed by atoms with E-state index in [2.05, 4.69) is 5.32 Å². The van der Waals surface area contributed by atoms with Gasteiger partial charge in [-0.1, -0.05) is 53.5 Å². The molecule has 210 valence electrons. The molecule has 2 fully saturated rings. The van der Waals surface area contributed by atoms with Gasteiger partial charge in [-0.25, -0.2) is 8.42 Å². The average Bonchev–Trinajstić information content (AvgIpc) is 3.14. The summed E-state index contributed by atoms with van der Waals surface area (Å²) in [5.74, 6) is -0.613. The van der Waals surface area contributed by atoms with Crippen molar-refractivity contribution in [1.29, 1.82) is 0 Å². The topological polar surface area (TPSA) is 96.0 Å². The number of sulfonamides is 1. The fourth-order valence-corrected chi connectivity index (χ4v) is 7.19. The van der Waals surface area contributed by atoms with Crippen molar-refractivity contribution in [3.63, 3.8) is 0 Å². The van der Waals surface area contributed by atoms with Crippen LogP contribution in [0.1, 0.15) is 42.6 Å². The zero-order chi connectivity index (χ0) is 28.7. The summed E-state index contributed by atoms with van der Waals surface area (Å²) in [5.41, 5.74) is -0.645. The Bertz CT molecular complexity index is 1550. The van der Waals surface area contributed by atoms with Gasteiger partial charge in [-0.05, 0) is 74.7 Å². The van der Waals surface area contributed by atoms with E-state index in [1.54, 1.807) is 43.0 Å². The molecule has 0 radical (unpaired) electrons. The first kappa shape index (κ1) is 28.4. The third-order valence-corrected chi connectivity index (χ3v) is 9.62. The lowest BCUT2D eigenvalue weighted by atomic mass is 10.0. The minimum Gasteiger partial charge on any atom is -0.338 e. The number of amides is 2. The van der Waals surface area contributed by atoms with Crippen LogP contribution in [0, 0.1) is 0 Å². The molecule has 1 spiro atoms. The second kappa shape index (κ2) is 10.7. The largest absolute Gasteiger partial charge is 0.338 e. The lowest BCUT2D eigenvalue weighted by molar-refractivity contribution is -0.138. The zero-order valence-corrected chi connectivity index (χ0v) is 24.4. The van der Waals surface area contributed by atoms with Crippen LogP contribution in [-0.4, -0.2) is 49.5 Å². The van der Waals surface area contributed by atoms with Crippen LogP contribution < -0.4 is 9.62 Å². The van der Waals surface area contributed by atoms with E-state index < -0.39 is 21.3 Å². The lowest BCUT2D eigenvalue weighted by Gasteiger charge is -2.40. The maximum atomic E-state index is 14.1.